The number of nitrogens with zero attached hydrogens (tertiary/aromatic N) is 1. The fraction of sp³-hybridized carbons (Fsp3) is 1.00. The van der Waals surface area contributed by atoms with E-state index in [1.54, 1.807) is 0 Å². The van der Waals surface area contributed by atoms with Gasteiger partial charge in [0.05, 0.1) is 0 Å². The first-order valence-electron chi connectivity index (χ1n) is 5.11. The molecule has 0 aliphatic carbocycles. The summed E-state index contributed by atoms with van der Waals surface area (Å²) in [5.74, 6) is 0. The molecule has 0 aliphatic heterocycles. The maximum absolute atomic E-state index is 5.43. The zero-order chi connectivity index (χ0) is 11.0. The first-order valence-corrected chi connectivity index (χ1v) is 5.11. The molecule has 0 aromatic carbocycles. The molecule has 5 nitrogen and oxygen atoms in total. The van der Waals surface area contributed by atoms with Gasteiger partial charge in [0.1, 0.15) is 25.9 Å². The summed E-state index contributed by atoms with van der Waals surface area (Å²) in [7, 11) is 0. The molecule has 0 N–H and O–H groups in total. The molecule has 86 valence electrons. The van der Waals surface area contributed by atoms with Crippen LogP contribution in [0.3, 0.4) is 0 Å². The van der Waals surface area contributed by atoms with Gasteiger partial charge >= 0.3 is 0 Å². The Hall–Kier alpha value is -0.200. The highest BCUT2D eigenvalue weighted by molar-refractivity contribution is 4.25. The van der Waals surface area contributed by atoms with Crippen LogP contribution in [0.5, 0.6) is 0 Å². The molecule has 0 rings (SSSR count). The van der Waals surface area contributed by atoms with Gasteiger partial charge in [-0.25, -0.2) is 0 Å². The Morgan fingerprint density at radius 2 is 1.21 bits per heavy atom. The van der Waals surface area contributed by atoms with Crippen molar-refractivity contribution >= 4 is 0 Å². The third-order valence-electron chi connectivity index (χ3n) is 1.20. The summed E-state index contributed by atoms with van der Waals surface area (Å²) >= 11 is 0. The molecule has 0 fully saturated rings. The van der Waals surface area contributed by atoms with Crippen LogP contribution in [0.15, 0.2) is 0 Å². The normalized spacial score (nSPS) is 12.4. The van der Waals surface area contributed by atoms with E-state index >= 15 is 0 Å². The van der Waals surface area contributed by atoms with E-state index in [0.29, 0.717) is 19.8 Å². The molecule has 0 unspecified atom stereocenters. The highest BCUT2D eigenvalue weighted by Crippen LogP contribution is 2.15. The monoisotopic (exact) mass is 208 g/mol. The van der Waals surface area contributed by atoms with E-state index in [0.717, 1.165) is 0 Å². The summed E-state index contributed by atoms with van der Waals surface area (Å²) in [6.07, 6.45) is -0.0420. The Morgan fingerprint density at radius 3 is 1.43 bits per heavy atom. The standard InChI is InChI=1S/C9H22NO4/c1-6-11-10(12-7-2,13-8-3)14-9(4)5/h9H,6-8H2,1-5H3/q+1. The topological polar surface area (TPSA) is 36.9 Å². The average Bonchev–Trinajstić information content (AvgIpc) is 2.03. The van der Waals surface area contributed by atoms with Gasteiger partial charge in [-0.1, -0.05) is 19.4 Å². The lowest BCUT2D eigenvalue weighted by atomic mass is 10.5. The van der Waals surface area contributed by atoms with E-state index in [4.69, 9.17) is 19.4 Å². The van der Waals surface area contributed by atoms with Crippen molar-refractivity contribution in [1.82, 2.24) is 0 Å². The van der Waals surface area contributed by atoms with Crippen LogP contribution in [0, 0.1) is 0 Å². The fourth-order valence-corrected chi connectivity index (χ4v) is 0.936. The minimum atomic E-state index is -0.638. The number of hydrogen-bond donors (Lipinski definition) is 0. The Balaban J connectivity index is 4.37. The van der Waals surface area contributed by atoms with Crippen molar-refractivity contribution in [2.75, 3.05) is 19.8 Å². The highest BCUT2D eigenvalue weighted by Gasteiger charge is 2.38. The number of quaternary nitrogens is 1. The van der Waals surface area contributed by atoms with Crippen molar-refractivity contribution < 1.29 is 24.5 Å². The van der Waals surface area contributed by atoms with Crippen molar-refractivity contribution in [3.05, 3.63) is 0 Å². The zero-order valence-electron chi connectivity index (χ0n) is 9.78. The molecule has 0 atom stereocenters. The quantitative estimate of drug-likeness (QED) is 0.451. The summed E-state index contributed by atoms with van der Waals surface area (Å²) in [6, 6.07) is 0. The predicted octanol–water partition coefficient (Wildman–Crippen LogP) is 2.00. The first-order chi connectivity index (χ1) is 6.60. The van der Waals surface area contributed by atoms with Crippen LogP contribution in [0.4, 0.5) is 0 Å². The fourth-order valence-electron chi connectivity index (χ4n) is 0.936. The van der Waals surface area contributed by atoms with Crippen LogP contribution in [0.25, 0.3) is 0 Å². The second-order valence-corrected chi connectivity index (χ2v) is 2.85. The van der Waals surface area contributed by atoms with Gasteiger partial charge in [-0.3, -0.25) is 0 Å². The molecular formula is C9H22NO4+. The maximum atomic E-state index is 5.43. The minimum absolute atomic E-state index is 0.0420. The maximum Gasteiger partial charge on any atom is 0.247 e. The van der Waals surface area contributed by atoms with Crippen LogP contribution in [0.2, 0.25) is 0 Å². The van der Waals surface area contributed by atoms with Crippen LogP contribution < -0.4 is 0 Å². The molecular weight excluding hydrogens is 186 g/mol. The van der Waals surface area contributed by atoms with Gasteiger partial charge in [0.15, 0.2) is 0 Å². The molecule has 0 aromatic rings. The SMILES string of the molecule is CCO[N+](OCC)(OCC)OC(C)C. The second-order valence-electron chi connectivity index (χ2n) is 2.85. The van der Waals surface area contributed by atoms with Crippen molar-refractivity contribution in [3.63, 3.8) is 0 Å². The molecule has 0 amide bonds. The zero-order valence-corrected chi connectivity index (χ0v) is 9.78. The minimum Gasteiger partial charge on any atom is -0.0967 e. The summed E-state index contributed by atoms with van der Waals surface area (Å²) in [6.45, 7) is 10.7. The largest absolute Gasteiger partial charge is 0.247 e. The van der Waals surface area contributed by atoms with Crippen LogP contribution in [0.1, 0.15) is 34.6 Å². The molecule has 14 heavy (non-hydrogen) atoms. The Morgan fingerprint density at radius 1 is 0.857 bits per heavy atom. The van der Waals surface area contributed by atoms with E-state index in [-0.39, 0.29) is 6.10 Å². The van der Waals surface area contributed by atoms with Crippen LogP contribution in [-0.2, 0) is 19.4 Å². The van der Waals surface area contributed by atoms with Gasteiger partial charge in [0.25, 0.3) is 0 Å². The molecule has 0 aliphatic rings. The summed E-state index contributed by atoms with van der Waals surface area (Å²) in [5, 5.41) is -0.638. The van der Waals surface area contributed by atoms with Gasteiger partial charge in [-0.05, 0) is 34.6 Å². The van der Waals surface area contributed by atoms with E-state index in [1.165, 1.54) is 0 Å². The van der Waals surface area contributed by atoms with Crippen molar-refractivity contribution in [3.8, 4) is 0 Å². The molecule has 0 aromatic heterocycles. The summed E-state index contributed by atoms with van der Waals surface area (Å²) in [5.41, 5.74) is 0. The first kappa shape index (κ1) is 13.8. The van der Waals surface area contributed by atoms with Gasteiger partial charge in [0.2, 0.25) is 5.14 Å². The lowest BCUT2D eigenvalue weighted by Crippen LogP contribution is -2.49. The molecule has 0 heterocycles. The third kappa shape index (κ3) is 4.88. The van der Waals surface area contributed by atoms with E-state index in [1.807, 2.05) is 34.6 Å². The molecule has 0 saturated heterocycles. The predicted molar refractivity (Wildman–Crippen MR) is 51.4 cm³/mol. The van der Waals surface area contributed by atoms with Crippen molar-refractivity contribution in [2.45, 2.75) is 40.7 Å². The van der Waals surface area contributed by atoms with Gasteiger partial charge < -0.3 is 0 Å². The Kier molecular flexibility index (Phi) is 7.04. The van der Waals surface area contributed by atoms with Crippen LogP contribution >= 0.6 is 0 Å². The lowest BCUT2D eigenvalue weighted by Gasteiger charge is -2.25. The van der Waals surface area contributed by atoms with Crippen molar-refractivity contribution in [2.24, 2.45) is 0 Å². The number of hydrogen-bond acceptors (Lipinski definition) is 4. The molecule has 0 radical (unpaired) electrons. The average molecular weight is 208 g/mol. The molecule has 0 bridgehead atoms. The van der Waals surface area contributed by atoms with Crippen LogP contribution in [-0.4, -0.2) is 31.1 Å². The van der Waals surface area contributed by atoms with Gasteiger partial charge in [0, 0.05) is 0 Å². The summed E-state index contributed by atoms with van der Waals surface area (Å²) in [4.78, 5) is 21.3. The molecule has 0 spiro atoms. The highest BCUT2D eigenvalue weighted by atomic mass is 17.4. The van der Waals surface area contributed by atoms with Gasteiger partial charge in [-0.2, -0.15) is 0 Å². The van der Waals surface area contributed by atoms with E-state index < -0.39 is 5.14 Å². The lowest BCUT2D eigenvalue weighted by molar-refractivity contribution is -1.47. The molecule has 0 saturated carbocycles. The number of rotatable bonds is 8. The van der Waals surface area contributed by atoms with Gasteiger partial charge in [-0.15, -0.1) is 0 Å². The smallest absolute Gasteiger partial charge is 0.0967 e. The van der Waals surface area contributed by atoms with Crippen molar-refractivity contribution in [1.29, 1.82) is 0 Å². The molecule has 5 heteroatoms. The third-order valence-corrected chi connectivity index (χ3v) is 1.20. The second kappa shape index (κ2) is 7.14. The van der Waals surface area contributed by atoms with E-state index in [9.17, 15) is 0 Å². The van der Waals surface area contributed by atoms with E-state index in [2.05, 4.69) is 0 Å². The Labute approximate surface area is 85.9 Å². The summed E-state index contributed by atoms with van der Waals surface area (Å²) < 4.78 is 0. The Bertz CT molecular complexity index is 124.